The molecule has 0 aliphatic carbocycles. The van der Waals surface area contributed by atoms with Crippen LogP contribution >= 0.6 is 0 Å². The summed E-state index contributed by atoms with van der Waals surface area (Å²) in [6, 6.07) is 10.3. The van der Waals surface area contributed by atoms with Crippen molar-refractivity contribution in [2.75, 3.05) is 65.6 Å². The highest BCUT2D eigenvalue weighted by atomic mass is 16.5. The van der Waals surface area contributed by atoms with Crippen LogP contribution in [0.5, 0.6) is 11.5 Å². The molecule has 0 spiro atoms. The van der Waals surface area contributed by atoms with E-state index in [0.717, 1.165) is 71.7 Å². The third-order valence-electron chi connectivity index (χ3n) is 7.74. The predicted molar refractivity (Wildman–Crippen MR) is 151 cm³/mol. The number of aromatic hydroxyl groups is 2. The van der Waals surface area contributed by atoms with E-state index in [0.29, 0.717) is 47.7 Å². The van der Waals surface area contributed by atoms with E-state index in [1.165, 1.54) is 6.07 Å². The summed E-state index contributed by atoms with van der Waals surface area (Å²) in [4.78, 5) is 20.2. The lowest BCUT2D eigenvalue weighted by Gasteiger charge is -2.35. The molecule has 3 aromatic rings. The third-order valence-corrected chi connectivity index (χ3v) is 7.74. The van der Waals surface area contributed by atoms with Crippen molar-refractivity contribution in [2.24, 2.45) is 0 Å². The fourth-order valence-electron chi connectivity index (χ4n) is 5.36. The number of nitrogens with zero attached hydrogens (tertiary/aromatic N) is 7. The number of phenols is 2. The quantitative estimate of drug-likeness (QED) is 0.393. The number of ether oxygens (including phenoxy) is 1. The number of carbonyl (C=O) groups is 1. The van der Waals surface area contributed by atoms with Crippen molar-refractivity contribution in [3.63, 3.8) is 0 Å². The molecule has 0 atom stereocenters. The van der Waals surface area contributed by atoms with E-state index in [2.05, 4.69) is 32.2 Å². The number of tetrazole rings is 1. The molecule has 2 N–H and O–H groups in total. The number of rotatable bonds is 10. The fraction of sp³-hybridized carbons (Fsp3) is 0.517. The lowest BCUT2D eigenvalue weighted by molar-refractivity contribution is 0.0349. The molecule has 2 aliphatic heterocycles. The summed E-state index contributed by atoms with van der Waals surface area (Å²) in [5.41, 5.74) is 2.17. The Balaban J connectivity index is 1.24. The van der Waals surface area contributed by atoms with E-state index in [-0.39, 0.29) is 17.4 Å². The van der Waals surface area contributed by atoms with E-state index < -0.39 is 0 Å². The lowest BCUT2D eigenvalue weighted by atomic mass is 9.98. The van der Waals surface area contributed by atoms with Crippen LogP contribution in [0.2, 0.25) is 0 Å². The fourth-order valence-corrected chi connectivity index (χ4v) is 5.36. The Kier molecular flexibility index (Phi) is 9.25. The number of benzene rings is 2. The SMILES string of the molecule is CCCCn1nnnc1-c1cc(-c2cccc(C(=O)N3CCN(CCCN4CCOCC4)CC3)c2)c(O)cc1O. The van der Waals surface area contributed by atoms with Gasteiger partial charge in [0.25, 0.3) is 5.91 Å². The molecule has 5 rings (SSSR count). The van der Waals surface area contributed by atoms with E-state index in [9.17, 15) is 15.0 Å². The van der Waals surface area contributed by atoms with Crippen molar-refractivity contribution in [3.05, 3.63) is 42.0 Å². The highest BCUT2D eigenvalue weighted by Gasteiger charge is 2.23. The number of hydrogen-bond donors (Lipinski definition) is 2. The van der Waals surface area contributed by atoms with E-state index in [1.807, 2.05) is 23.1 Å². The van der Waals surface area contributed by atoms with Crippen molar-refractivity contribution < 1.29 is 19.7 Å². The normalized spacial score (nSPS) is 16.9. The minimum atomic E-state index is -0.108. The van der Waals surface area contributed by atoms with Gasteiger partial charge in [0.05, 0.1) is 18.8 Å². The molecule has 0 unspecified atom stereocenters. The Labute approximate surface area is 234 Å². The van der Waals surface area contributed by atoms with Gasteiger partial charge in [-0.3, -0.25) is 14.6 Å². The summed E-state index contributed by atoms with van der Waals surface area (Å²) in [5.74, 6) is 0.229. The second-order valence-corrected chi connectivity index (χ2v) is 10.5. The minimum absolute atomic E-state index is 0.0168. The first-order valence-electron chi connectivity index (χ1n) is 14.3. The average Bonchev–Trinajstić information content (AvgIpc) is 3.45. The number of morpholine rings is 1. The van der Waals surface area contributed by atoms with Gasteiger partial charge in [0.2, 0.25) is 0 Å². The summed E-state index contributed by atoms with van der Waals surface area (Å²) in [5, 5.41) is 33.2. The van der Waals surface area contributed by atoms with Crippen molar-refractivity contribution in [3.8, 4) is 34.0 Å². The first-order valence-corrected chi connectivity index (χ1v) is 14.3. The molecule has 2 saturated heterocycles. The number of amides is 1. The largest absolute Gasteiger partial charge is 0.507 e. The number of hydrogen-bond acceptors (Lipinski definition) is 9. The second-order valence-electron chi connectivity index (χ2n) is 10.5. The average molecular weight is 550 g/mol. The predicted octanol–water partition coefficient (Wildman–Crippen LogP) is 2.70. The van der Waals surface area contributed by atoms with Crippen molar-refractivity contribution in [1.29, 1.82) is 0 Å². The summed E-state index contributed by atoms with van der Waals surface area (Å²) in [7, 11) is 0. The van der Waals surface area contributed by atoms with Gasteiger partial charge in [-0.25, -0.2) is 4.68 Å². The number of unbranched alkanes of at least 4 members (excludes halogenated alkanes) is 1. The van der Waals surface area contributed by atoms with E-state index in [1.54, 1.807) is 16.8 Å². The van der Waals surface area contributed by atoms with Crippen LogP contribution < -0.4 is 0 Å². The highest BCUT2D eigenvalue weighted by molar-refractivity contribution is 5.96. The molecule has 0 saturated carbocycles. The van der Waals surface area contributed by atoms with Crippen LogP contribution in [-0.2, 0) is 11.3 Å². The van der Waals surface area contributed by atoms with Crippen molar-refractivity contribution in [1.82, 2.24) is 34.9 Å². The van der Waals surface area contributed by atoms with Crippen LogP contribution in [0.25, 0.3) is 22.5 Å². The first-order chi connectivity index (χ1) is 19.5. The molecular weight excluding hydrogens is 510 g/mol. The van der Waals surface area contributed by atoms with Crippen molar-refractivity contribution in [2.45, 2.75) is 32.7 Å². The van der Waals surface area contributed by atoms with Crippen LogP contribution in [0.15, 0.2) is 36.4 Å². The molecule has 2 fully saturated rings. The molecule has 214 valence electrons. The Morgan fingerprint density at radius 2 is 1.60 bits per heavy atom. The van der Waals surface area contributed by atoms with Crippen LogP contribution in [0.1, 0.15) is 36.5 Å². The van der Waals surface area contributed by atoms with Gasteiger partial charge >= 0.3 is 0 Å². The summed E-state index contributed by atoms with van der Waals surface area (Å²) in [6.07, 6.45) is 3.01. The Morgan fingerprint density at radius 1 is 0.875 bits per heavy atom. The zero-order chi connectivity index (χ0) is 27.9. The van der Waals surface area contributed by atoms with Gasteiger partial charge in [-0.15, -0.1) is 5.10 Å². The molecule has 2 aliphatic rings. The molecule has 2 aromatic carbocycles. The minimum Gasteiger partial charge on any atom is -0.507 e. The van der Waals surface area contributed by atoms with Crippen molar-refractivity contribution >= 4 is 5.91 Å². The van der Waals surface area contributed by atoms with Gasteiger partial charge < -0.3 is 19.8 Å². The van der Waals surface area contributed by atoms with E-state index in [4.69, 9.17) is 4.74 Å². The van der Waals surface area contributed by atoms with Gasteiger partial charge in [0.15, 0.2) is 5.82 Å². The maximum absolute atomic E-state index is 13.4. The maximum Gasteiger partial charge on any atom is 0.253 e. The molecule has 40 heavy (non-hydrogen) atoms. The molecule has 3 heterocycles. The second kappa shape index (κ2) is 13.2. The highest BCUT2D eigenvalue weighted by Crippen LogP contribution is 2.39. The number of phenolic OH excluding ortho intramolecular Hbond substituents is 2. The zero-order valence-electron chi connectivity index (χ0n) is 23.2. The molecule has 11 nitrogen and oxygen atoms in total. The standard InChI is InChI=1S/C29H39N7O4/c1-2-3-10-36-28(30-31-32-36)25-20-24(26(37)21-27(25)38)22-6-4-7-23(19-22)29(39)35-13-11-33(12-14-35)8-5-9-34-15-17-40-18-16-34/h4,6-7,19-21,37-38H,2-3,5,8-18H2,1H3. The van der Waals surface area contributed by atoms with Gasteiger partial charge in [0, 0.05) is 63.0 Å². The Hall–Kier alpha value is -3.54. The number of aryl methyl sites for hydroxylation is 1. The number of carbonyl (C=O) groups excluding carboxylic acids is 1. The summed E-state index contributed by atoms with van der Waals surface area (Å²) >= 11 is 0. The van der Waals surface area contributed by atoms with E-state index >= 15 is 0 Å². The molecular formula is C29H39N7O4. The monoisotopic (exact) mass is 549 g/mol. The molecule has 0 radical (unpaired) electrons. The van der Waals surface area contributed by atoms with Gasteiger partial charge in [-0.1, -0.05) is 25.5 Å². The van der Waals surface area contributed by atoms with Crippen LogP contribution in [0.4, 0.5) is 0 Å². The smallest absolute Gasteiger partial charge is 0.253 e. The Bertz CT molecular complexity index is 1280. The van der Waals surface area contributed by atoms with Gasteiger partial charge in [0.1, 0.15) is 11.5 Å². The molecule has 0 bridgehead atoms. The summed E-state index contributed by atoms with van der Waals surface area (Å²) in [6.45, 7) is 11.6. The lowest BCUT2D eigenvalue weighted by Crippen LogP contribution is -2.49. The van der Waals surface area contributed by atoms with Gasteiger partial charge in [-0.2, -0.15) is 0 Å². The van der Waals surface area contributed by atoms with Crippen LogP contribution in [0.3, 0.4) is 0 Å². The Morgan fingerprint density at radius 3 is 2.35 bits per heavy atom. The topological polar surface area (TPSA) is 120 Å². The molecule has 1 aromatic heterocycles. The van der Waals surface area contributed by atoms with Crippen LogP contribution in [0, 0.1) is 0 Å². The zero-order valence-corrected chi connectivity index (χ0v) is 23.2. The van der Waals surface area contributed by atoms with Gasteiger partial charge in [-0.05, 0) is 60.1 Å². The number of piperazine rings is 1. The summed E-state index contributed by atoms with van der Waals surface area (Å²) < 4.78 is 7.08. The maximum atomic E-state index is 13.4. The third kappa shape index (κ3) is 6.60. The molecule has 1 amide bonds. The van der Waals surface area contributed by atoms with Crippen LogP contribution in [-0.4, -0.2) is 117 Å². The first kappa shape index (κ1) is 28.0. The molecule has 11 heteroatoms. The number of aromatic nitrogens is 4.